The first-order chi connectivity index (χ1) is 18.8. The molecule has 11 heteroatoms. The predicted molar refractivity (Wildman–Crippen MR) is 141 cm³/mol. The summed E-state index contributed by atoms with van der Waals surface area (Å²) in [6, 6.07) is 11.0. The van der Waals surface area contributed by atoms with E-state index in [0.29, 0.717) is 28.5 Å². The van der Waals surface area contributed by atoms with Gasteiger partial charge in [-0.05, 0) is 42.8 Å². The maximum atomic E-state index is 13.6. The van der Waals surface area contributed by atoms with Crippen molar-refractivity contribution >= 4 is 34.7 Å². The van der Waals surface area contributed by atoms with Crippen molar-refractivity contribution in [3.63, 3.8) is 0 Å². The Morgan fingerprint density at radius 1 is 1.00 bits per heavy atom. The number of phenolic OH excluding ortho intramolecular Hbond substituents is 1. The highest BCUT2D eigenvalue weighted by molar-refractivity contribution is 6.51. The molecule has 2 heterocycles. The molecule has 3 aromatic carbocycles. The van der Waals surface area contributed by atoms with Crippen LogP contribution in [-0.4, -0.2) is 49.5 Å². The number of amides is 1. The number of aliphatic hydroxyl groups excluding tert-OH is 1. The molecule has 202 valence electrons. The number of rotatable bonds is 7. The number of nitrogens with zero attached hydrogens (tertiary/aromatic N) is 1. The van der Waals surface area contributed by atoms with Crippen molar-refractivity contribution in [2.45, 2.75) is 13.0 Å². The number of hydrogen-bond donors (Lipinski definition) is 2. The van der Waals surface area contributed by atoms with Gasteiger partial charge in [0, 0.05) is 17.8 Å². The van der Waals surface area contributed by atoms with Crippen molar-refractivity contribution in [1.29, 1.82) is 0 Å². The first kappa shape index (κ1) is 26.1. The first-order valence-corrected chi connectivity index (χ1v) is 12.2. The van der Waals surface area contributed by atoms with Crippen LogP contribution in [0, 0.1) is 0 Å². The number of carbonyl (C=O) groups is 2. The SMILES string of the molecule is CCOc1cc(C2/C(=C(\O)c3cc(Cl)c(OC)cc3OC)C(=O)C(=O)N2c2ccc3c(c2)OCO3)ccc1O. The molecule has 0 saturated carbocycles. The van der Waals surface area contributed by atoms with Crippen molar-refractivity contribution in [2.24, 2.45) is 0 Å². The van der Waals surface area contributed by atoms with Gasteiger partial charge < -0.3 is 33.9 Å². The first-order valence-electron chi connectivity index (χ1n) is 11.9. The summed E-state index contributed by atoms with van der Waals surface area (Å²) < 4.78 is 27.1. The second kappa shape index (κ2) is 10.3. The lowest BCUT2D eigenvalue weighted by Crippen LogP contribution is -2.29. The second-order valence-electron chi connectivity index (χ2n) is 8.55. The average molecular weight is 554 g/mol. The summed E-state index contributed by atoms with van der Waals surface area (Å²) in [6.07, 6.45) is 0. The van der Waals surface area contributed by atoms with Gasteiger partial charge in [-0.2, -0.15) is 0 Å². The molecular formula is C28H24ClNO9. The van der Waals surface area contributed by atoms with E-state index in [9.17, 15) is 19.8 Å². The molecule has 0 bridgehead atoms. The lowest BCUT2D eigenvalue weighted by molar-refractivity contribution is -0.132. The number of carbonyl (C=O) groups excluding carboxylic acids is 2. The standard InChI is InChI=1S/C28H24ClNO9/c1-4-37-22-9-14(5-7-18(22)31)25-24(26(32)16-11-17(29)21(36-3)12-20(16)35-2)27(33)28(34)30(25)15-6-8-19-23(10-15)39-13-38-19/h5-12,25,31-32H,4,13H2,1-3H3/b26-24+. The minimum Gasteiger partial charge on any atom is -0.507 e. The van der Waals surface area contributed by atoms with Crippen LogP contribution in [-0.2, 0) is 9.59 Å². The molecule has 39 heavy (non-hydrogen) atoms. The molecular weight excluding hydrogens is 530 g/mol. The Morgan fingerprint density at radius 2 is 1.74 bits per heavy atom. The van der Waals surface area contributed by atoms with Crippen molar-refractivity contribution in [3.8, 4) is 34.5 Å². The summed E-state index contributed by atoms with van der Waals surface area (Å²) in [5.74, 6) is -0.940. The van der Waals surface area contributed by atoms with Crippen LogP contribution in [0.1, 0.15) is 24.1 Å². The number of halogens is 1. The molecule has 0 spiro atoms. The third-order valence-corrected chi connectivity index (χ3v) is 6.70. The molecule has 2 aliphatic heterocycles. The summed E-state index contributed by atoms with van der Waals surface area (Å²) in [4.78, 5) is 28.3. The molecule has 0 aliphatic carbocycles. The van der Waals surface area contributed by atoms with E-state index in [4.69, 9.17) is 35.3 Å². The summed E-state index contributed by atoms with van der Waals surface area (Å²) in [5.41, 5.74) is 0.593. The van der Waals surface area contributed by atoms with Crippen molar-refractivity contribution in [3.05, 3.63) is 70.3 Å². The van der Waals surface area contributed by atoms with Crippen molar-refractivity contribution in [1.82, 2.24) is 0 Å². The zero-order valence-electron chi connectivity index (χ0n) is 21.2. The topological polar surface area (TPSA) is 124 Å². The number of aromatic hydroxyl groups is 1. The van der Waals surface area contributed by atoms with Crippen LogP contribution in [0.5, 0.6) is 34.5 Å². The quantitative estimate of drug-likeness (QED) is 0.241. The third kappa shape index (κ3) is 4.42. The molecule has 10 nitrogen and oxygen atoms in total. The highest BCUT2D eigenvalue weighted by Crippen LogP contribution is 2.47. The molecule has 1 saturated heterocycles. The highest BCUT2D eigenvalue weighted by atomic mass is 35.5. The van der Waals surface area contributed by atoms with Crippen molar-refractivity contribution < 1.29 is 43.5 Å². The third-order valence-electron chi connectivity index (χ3n) is 6.41. The number of ketones is 1. The molecule has 1 amide bonds. The summed E-state index contributed by atoms with van der Waals surface area (Å²) >= 11 is 6.33. The number of methoxy groups -OCH3 is 2. The molecule has 0 radical (unpaired) electrons. The number of benzene rings is 3. The lowest BCUT2D eigenvalue weighted by Gasteiger charge is -2.26. The number of hydrogen-bond acceptors (Lipinski definition) is 9. The maximum Gasteiger partial charge on any atom is 0.300 e. The van der Waals surface area contributed by atoms with E-state index in [-0.39, 0.29) is 46.8 Å². The Morgan fingerprint density at radius 3 is 2.46 bits per heavy atom. The van der Waals surface area contributed by atoms with E-state index >= 15 is 0 Å². The Kier molecular flexibility index (Phi) is 6.88. The fourth-order valence-corrected chi connectivity index (χ4v) is 4.85. The fraction of sp³-hybridized carbons (Fsp3) is 0.214. The van der Waals surface area contributed by atoms with Crippen LogP contribution >= 0.6 is 11.6 Å². The van der Waals surface area contributed by atoms with Gasteiger partial charge in [0.05, 0.1) is 43.0 Å². The molecule has 2 aliphatic rings. The molecule has 1 atom stereocenters. The van der Waals surface area contributed by atoms with Crippen molar-refractivity contribution in [2.75, 3.05) is 32.5 Å². The fourth-order valence-electron chi connectivity index (χ4n) is 4.61. The molecule has 5 rings (SSSR count). The predicted octanol–water partition coefficient (Wildman–Crippen LogP) is 4.82. The Balaban J connectivity index is 1.75. The van der Waals surface area contributed by atoms with E-state index in [0.717, 1.165) is 0 Å². The van der Waals surface area contributed by atoms with E-state index in [2.05, 4.69) is 0 Å². The van der Waals surface area contributed by atoms with Gasteiger partial charge in [-0.1, -0.05) is 17.7 Å². The van der Waals surface area contributed by atoms with Gasteiger partial charge in [-0.15, -0.1) is 0 Å². The molecule has 1 fully saturated rings. The average Bonchev–Trinajstić information content (AvgIpc) is 3.51. The summed E-state index contributed by atoms with van der Waals surface area (Å²) in [7, 11) is 2.81. The van der Waals surface area contributed by atoms with Gasteiger partial charge in [-0.3, -0.25) is 14.5 Å². The largest absolute Gasteiger partial charge is 0.507 e. The lowest BCUT2D eigenvalue weighted by atomic mass is 9.94. The zero-order valence-corrected chi connectivity index (χ0v) is 21.9. The Hall–Kier alpha value is -4.57. The van der Waals surface area contributed by atoms with Gasteiger partial charge in [-0.25, -0.2) is 0 Å². The zero-order chi connectivity index (χ0) is 27.8. The minimum atomic E-state index is -1.12. The van der Waals surface area contributed by atoms with E-state index < -0.39 is 23.5 Å². The number of anilines is 1. The van der Waals surface area contributed by atoms with Crippen LogP contribution in [0.25, 0.3) is 5.76 Å². The van der Waals surface area contributed by atoms with E-state index in [1.807, 2.05) is 0 Å². The van der Waals surface area contributed by atoms with Crippen LogP contribution in [0.3, 0.4) is 0 Å². The number of Topliss-reactive ketones (excluding diaryl/α,β-unsaturated/α-hetero) is 1. The molecule has 2 N–H and O–H groups in total. The smallest absolute Gasteiger partial charge is 0.300 e. The molecule has 1 unspecified atom stereocenters. The van der Waals surface area contributed by atoms with Crippen LogP contribution in [0.4, 0.5) is 5.69 Å². The number of phenols is 1. The van der Waals surface area contributed by atoms with Gasteiger partial charge in [0.15, 0.2) is 23.0 Å². The van der Waals surface area contributed by atoms with Gasteiger partial charge in [0.25, 0.3) is 11.7 Å². The Bertz CT molecular complexity index is 1520. The summed E-state index contributed by atoms with van der Waals surface area (Å²) in [5, 5.41) is 22.0. The molecule has 0 aromatic heterocycles. The van der Waals surface area contributed by atoms with Gasteiger partial charge >= 0.3 is 0 Å². The van der Waals surface area contributed by atoms with Crippen LogP contribution in [0.15, 0.2) is 54.1 Å². The summed E-state index contributed by atoms with van der Waals surface area (Å²) in [6.45, 7) is 2.04. The second-order valence-corrected chi connectivity index (χ2v) is 8.96. The molecule has 3 aromatic rings. The minimum absolute atomic E-state index is 0.0226. The van der Waals surface area contributed by atoms with E-state index in [1.165, 1.54) is 43.4 Å². The van der Waals surface area contributed by atoms with Crippen LogP contribution < -0.4 is 28.6 Å². The monoisotopic (exact) mass is 553 g/mol. The highest BCUT2D eigenvalue weighted by Gasteiger charge is 2.47. The van der Waals surface area contributed by atoms with Gasteiger partial charge in [0.1, 0.15) is 17.3 Å². The Labute approximate surface area is 228 Å². The number of ether oxygens (including phenoxy) is 5. The van der Waals surface area contributed by atoms with E-state index in [1.54, 1.807) is 31.2 Å². The van der Waals surface area contributed by atoms with Crippen LogP contribution in [0.2, 0.25) is 5.02 Å². The maximum absolute atomic E-state index is 13.6. The van der Waals surface area contributed by atoms with Gasteiger partial charge in [0.2, 0.25) is 6.79 Å². The number of aliphatic hydroxyl groups is 1. The normalized spacial score (nSPS) is 17.4. The number of fused-ring (bicyclic) bond motifs is 1.